The molecule has 3 heteroatoms. The molecule has 3 rings (SSSR count). The van der Waals surface area contributed by atoms with Gasteiger partial charge in [-0.25, -0.2) is 0 Å². The van der Waals surface area contributed by atoms with Crippen molar-refractivity contribution in [2.75, 3.05) is 26.7 Å². The Hall–Kier alpha value is -1.35. The lowest BCUT2D eigenvalue weighted by molar-refractivity contribution is -0.134. The molecule has 0 spiro atoms. The van der Waals surface area contributed by atoms with Crippen LogP contribution in [0.2, 0.25) is 0 Å². The fraction of sp³-hybridized carbons (Fsp3) is 0.588. The summed E-state index contributed by atoms with van der Waals surface area (Å²) in [4.78, 5) is 14.6. The van der Waals surface area contributed by atoms with Crippen LogP contribution in [0.5, 0.6) is 0 Å². The monoisotopic (exact) mass is 272 g/mol. The largest absolute Gasteiger partial charge is 0.345 e. The molecule has 1 heterocycles. The summed E-state index contributed by atoms with van der Waals surface area (Å²) >= 11 is 0. The highest BCUT2D eigenvalue weighted by molar-refractivity contribution is 5.80. The fourth-order valence-corrected chi connectivity index (χ4v) is 3.60. The number of rotatable bonds is 3. The summed E-state index contributed by atoms with van der Waals surface area (Å²) < 4.78 is 0. The number of hydrogen-bond acceptors (Lipinski definition) is 2. The van der Waals surface area contributed by atoms with Gasteiger partial charge in [0, 0.05) is 19.5 Å². The second kappa shape index (κ2) is 5.96. The minimum absolute atomic E-state index is 0.161. The summed E-state index contributed by atoms with van der Waals surface area (Å²) in [6.45, 7) is 3.09. The molecular weight excluding hydrogens is 248 g/mol. The first kappa shape index (κ1) is 13.6. The van der Waals surface area contributed by atoms with Crippen molar-refractivity contribution in [1.29, 1.82) is 0 Å². The molecule has 0 radical (unpaired) electrons. The number of piperidine rings is 1. The highest BCUT2D eigenvalue weighted by Crippen LogP contribution is 2.28. The molecule has 3 nitrogen and oxygen atoms in total. The lowest BCUT2D eigenvalue weighted by Crippen LogP contribution is -2.41. The Morgan fingerprint density at radius 3 is 2.60 bits per heavy atom. The van der Waals surface area contributed by atoms with E-state index in [1.54, 1.807) is 0 Å². The zero-order valence-corrected chi connectivity index (χ0v) is 12.3. The van der Waals surface area contributed by atoms with E-state index < -0.39 is 0 Å². The quantitative estimate of drug-likeness (QED) is 0.911. The van der Waals surface area contributed by atoms with Crippen molar-refractivity contribution in [2.45, 2.75) is 25.7 Å². The van der Waals surface area contributed by atoms with Crippen LogP contribution >= 0.6 is 0 Å². The Morgan fingerprint density at radius 2 is 2.00 bits per heavy atom. The summed E-state index contributed by atoms with van der Waals surface area (Å²) in [6.07, 6.45) is 4.32. The van der Waals surface area contributed by atoms with Gasteiger partial charge in [-0.2, -0.15) is 0 Å². The number of nitrogens with one attached hydrogen (secondary N) is 1. The van der Waals surface area contributed by atoms with Gasteiger partial charge in [-0.15, -0.1) is 0 Å². The molecule has 2 aliphatic rings. The van der Waals surface area contributed by atoms with Gasteiger partial charge in [-0.3, -0.25) is 4.79 Å². The highest BCUT2D eigenvalue weighted by atomic mass is 16.2. The highest BCUT2D eigenvalue weighted by Gasteiger charge is 2.30. The molecular formula is C17H24N2O. The van der Waals surface area contributed by atoms with Crippen LogP contribution < -0.4 is 5.32 Å². The Kier molecular flexibility index (Phi) is 4.06. The normalized spacial score (nSPS) is 22.6. The van der Waals surface area contributed by atoms with E-state index in [4.69, 9.17) is 0 Å². The summed E-state index contributed by atoms with van der Waals surface area (Å²) in [5.41, 5.74) is 2.72. The molecule has 1 atom stereocenters. The first-order valence-corrected chi connectivity index (χ1v) is 7.76. The SMILES string of the molecule is CN(CC1CCCNC1)C(=O)C1Cc2ccccc2C1. The van der Waals surface area contributed by atoms with Crippen LogP contribution in [0.4, 0.5) is 0 Å². The lowest BCUT2D eigenvalue weighted by Gasteiger charge is -2.29. The summed E-state index contributed by atoms with van der Waals surface area (Å²) in [5.74, 6) is 1.11. The first-order valence-electron chi connectivity index (χ1n) is 7.76. The van der Waals surface area contributed by atoms with Gasteiger partial charge in [0.25, 0.3) is 0 Å². The zero-order chi connectivity index (χ0) is 13.9. The van der Waals surface area contributed by atoms with Crippen molar-refractivity contribution in [2.24, 2.45) is 11.8 Å². The molecule has 1 unspecified atom stereocenters. The second-order valence-electron chi connectivity index (χ2n) is 6.31. The van der Waals surface area contributed by atoms with Gasteiger partial charge in [0.15, 0.2) is 0 Å². The molecule has 0 aromatic heterocycles. The van der Waals surface area contributed by atoms with Gasteiger partial charge in [-0.1, -0.05) is 24.3 Å². The van der Waals surface area contributed by atoms with Gasteiger partial charge in [-0.05, 0) is 55.8 Å². The van der Waals surface area contributed by atoms with E-state index in [0.717, 1.165) is 32.5 Å². The summed E-state index contributed by atoms with van der Waals surface area (Å²) in [5, 5.41) is 3.42. The van der Waals surface area contributed by atoms with Gasteiger partial charge < -0.3 is 10.2 Å². The predicted molar refractivity (Wildman–Crippen MR) is 80.6 cm³/mol. The minimum Gasteiger partial charge on any atom is -0.345 e. The standard InChI is InChI=1S/C17H24N2O/c1-19(12-13-5-4-8-18-11-13)17(20)16-9-14-6-2-3-7-15(14)10-16/h2-3,6-7,13,16,18H,4-5,8-12H2,1H3. The molecule has 0 bridgehead atoms. The molecule has 108 valence electrons. The second-order valence-corrected chi connectivity index (χ2v) is 6.31. The number of amides is 1. The third-order valence-corrected chi connectivity index (χ3v) is 4.71. The number of carbonyl (C=O) groups is 1. The molecule has 1 aromatic carbocycles. The average molecular weight is 272 g/mol. The van der Waals surface area contributed by atoms with Crippen molar-refractivity contribution >= 4 is 5.91 Å². The van der Waals surface area contributed by atoms with Gasteiger partial charge in [0.2, 0.25) is 5.91 Å². The number of hydrogen-bond donors (Lipinski definition) is 1. The third-order valence-electron chi connectivity index (χ3n) is 4.71. The zero-order valence-electron chi connectivity index (χ0n) is 12.3. The minimum atomic E-state index is 0.161. The van der Waals surface area contributed by atoms with Gasteiger partial charge >= 0.3 is 0 Å². The first-order chi connectivity index (χ1) is 9.74. The summed E-state index contributed by atoms with van der Waals surface area (Å²) in [7, 11) is 1.97. The number of carbonyl (C=O) groups excluding carboxylic acids is 1. The van der Waals surface area contributed by atoms with E-state index in [9.17, 15) is 4.79 Å². The molecule has 20 heavy (non-hydrogen) atoms. The van der Waals surface area contributed by atoms with Crippen LogP contribution in [0.15, 0.2) is 24.3 Å². The fourth-order valence-electron chi connectivity index (χ4n) is 3.60. The van der Waals surface area contributed by atoms with Crippen molar-refractivity contribution < 1.29 is 4.79 Å². The molecule has 1 aromatic rings. The Morgan fingerprint density at radius 1 is 1.30 bits per heavy atom. The number of nitrogens with zero attached hydrogens (tertiary/aromatic N) is 1. The lowest BCUT2D eigenvalue weighted by atomic mass is 9.98. The van der Waals surface area contributed by atoms with Crippen LogP contribution in [-0.2, 0) is 17.6 Å². The topological polar surface area (TPSA) is 32.3 Å². The maximum atomic E-state index is 12.6. The van der Waals surface area contributed by atoms with Crippen LogP contribution in [-0.4, -0.2) is 37.5 Å². The molecule has 1 amide bonds. The van der Waals surface area contributed by atoms with Crippen molar-refractivity contribution in [3.05, 3.63) is 35.4 Å². The van der Waals surface area contributed by atoms with Crippen LogP contribution in [0.25, 0.3) is 0 Å². The predicted octanol–water partition coefficient (Wildman–Crippen LogP) is 1.86. The molecule has 1 aliphatic carbocycles. The van der Waals surface area contributed by atoms with E-state index in [1.165, 1.54) is 24.0 Å². The van der Waals surface area contributed by atoms with E-state index in [0.29, 0.717) is 11.8 Å². The van der Waals surface area contributed by atoms with E-state index >= 15 is 0 Å². The molecule has 0 saturated carbocycles. The Bertz CT molecular complexity index is 455. The molecule has 1 N–H and O–H groups in total. The van der Waals surface area contributed by atoms with Gasteiger partial charge in [0.1, 0.15) is 0 Å². The van der Waals surface area contributed by atoms with E-state index in [-0.39, 0.29) is 5.92 Å². The number of fused-ring (bicyclic) bond motifs is 1. The van der Waals surface area contributed by atoms with Crippen LogP contribution in [0, 0.1) is 11.8 Å². The van der Waals surface area contributed by atoms with E-state index in [1.807, 2.05) is 11.9 Å². The average Bonchev–Trinajstić information content (AvgIpc) is 2.91. The van der Waals surface area contributed by atoms with Crippen molar-refractivity contribution in [1.82, 2.24) is 10.2 Å². The van der Waals surface area contributed by atoms with E-state index in [2.05, 4.69) is 29.6 Å². The van der Waals surface area contributed by atoms with Crippen molar-refractivity contribution in [3.63, 3.8) is 0 Å². The van der Waals surface area contributed by atoms with Crippen LogP contribution in [0.1, 0.15) is 24.0 Å². The molecule has 1 saturated heterocycles. The third kappa shape index (κ3) is 2.88. The maximum Gasteiger partial charge on any atom is 0.226 e. The number of benzene rings is 1. The molecule has 1 aliphatic heterocycles. The van der Waals surface area contributed by atoms with Gasteiger partial charge in [0.05, 0.1) is 0 Å². The van der Waals surface area contributed by atoms with Crippen molar-refractivity contribution in [3.8, 4) is 0 Å². The summed E-state index contributed by atoms with van der Waals surface area (Å²) in [6, 6.07) is 8.47. The Labute approximate surface area is 121 Å². The maximum absolute atomic E-state index is 12.6. The molecule has 1 fully saturated rings. The van der Waals surface area contributed by atoms with Crippen LogP contribution in [0.3, 0.4) is 0 Å². The smallest absolute Gasteiger partial charge is 0.226 e. The Balaban J connectivity index is 1.57.